The van der Waals surface area contributed by atoms with Gasteiger partial charge in [-0.3, -0.25) is 9.78 Å². The van der Waals surface area contributed by atoms with Gasteiger partial charge in [-0.2, -0.15) is 0 Å². The third-order valence-corrected chi connectivity index (χ3v) is 4.53. The fraction of sp³-hybridized carbons (Fsp3) is 0.368. The summed E-state index contributed by atoms with van der Waals surface area (Å²) in [5.41, 5.74) is 1.12. The number of para-hydroxylation sites is 1. The fourth-order valence-electron chi connectivity index (χ4n) is 2.98. The van der Waals surface area contributed by atoms with E-state index in [2.05, 4.69) is 4.98 Å². The second kappa shape index (κ2) is 7.01. The molecule has 1 atom stereocenters. The molecule has 1 unspecified atom stereocenters. The normalized spacial score (nSPS) is 20.2. The zero-order valence-electron chi connectivity index (χ0n) is 14.1. The highest BCUT2D eigenvalue weighted by atomic mass is 16.5. The molecule has 2 heterocycles. The first-order chi connectivity index (χ1) is 11.6. The standard InChI is InChI=1S/C19H22N2O3/c1-15-12-20-10-8-17(15)18(22)21-11-9-19(13-21,23-2)14-24-16-6-4-3-5-7-16/h3-8,10,12H,9,11,13-14H2,1-2H3. The summed E-state index contributed by atoms with van der Waals surface area (Å²) in [6.45, 7) is 3.51. The molecule has 3 rings (SSSR count). The number of hydrogen-bond donors (Lipinski definition) is 0. The third-order valence-electron chi connectivity index (χ3n) is 4.53. The van der Waals surface area contributed by atoms with Gasteiger partial charge < -0.3 is 14.4 Å². The molecule has 1 amide bonds. The van der Waals surface area contributed by atoms with Gasteiger partial charge >= 0.3 is 0 Å². The van der Waals surface area contributed by atoms with E-state index in [4.69, 9.17) is 9.47 Å². The van der Waals surface area contributed by atoms with Gasteiger partial charge in [-0.1, -0.05) is 18.2 Å². The molecule has 5 heteroatoms. The molecule has 5 nitrogen and oxygen atoms in total. The molecule has 24 heavy (non-hydrogen) atoms. The maximum absolute atomic E-state index is 12.7. The average molecular weight is 326 g/mol. The van der Waals surface area contributed by atoms with Crippen molar-refractivity contribution < 1.29 is 14.3 Å². The van der Waals surface area contributed by atoms with Gasteiger partial charge in [0.05, 0.1) is 6.54 Å². The van der Waals surface area contributed by atoms with Crippen LogP contribution in [0.25, 0.3) is 0 Å². The van der Waals surface area contributed by atoms with Crippen LogP contribution in [0.4, 0.5) is 0 Å². The maximum atomic E-state index is 12.7. The Balaban J connectivity index is 1.68. The lowest BCUT2D eigenvalue weighted by Gasteiger charge is -2.28. The number of likely N-dealkylation sites (tertiary alicyclic amines) is 1. The number of aryl methyl sites for hydroxylation is 1. The molecule has 0 aliphatic carbocycles. The number of ether oxygens (including phenoxy) is 2. The minimum atomic E-state index is -0.466. The Labute approximate surface area is 142 Å². The molecule has 2 aromatic rings. The average Bonchev–Trinajstić information content (AvgIpc) is 3.06. The topological polar surface area (TPSA) is 51.7 Å². The molecule has 1 saturated heterocycles. The molecule has 0 N–H and O–H groups in total. The lowest BCUT2D eigenvalue weighted by Crippen LogP contribution is -2.42. The van der Waals surface area contributed by atoms with E-state index < -0.39 is 5.60 Å². The predicted octanol–water partition coefficient (Wildman–Crippen LogP) is 2.70. The van der Waals surface area contributed by atoms with Crippen LogP contribution in [0.2, 0.25) is 0 Å². The fourth-order valence-corrected chi connectivity index (χ4v) is 2.98. The number of carbonyl (C=O) groups excluding carboxylic acids is 1. The van der Waals surface area contributed by atoms with Crippen LogP contribution in [-0.2, 0) is 4.74 Å². The quantitative estimate of drug-likeness (QED) is 0.848. The second-order valence-corrected chi connectivity index (χ2v) is 6.16. The molecule has 1 aromatic heterocycles. The number of methoxy groups -OCH3 is 1. The van der Waals surface area contributed by atoms with E-state index in [9.17, 15) is 4.79 Å². The lowest BCUT2D eigenvalue weighted by atomic mass is 10.0. The zero-order valence-corrected chi connectivity index (χ0v) is 14.1. The van der Waals surface area contributed by atoms with Crippen molar-refractivity contribution in [2.75, 3.05) is 26.8 Å². The highest BCUT2D eigenvalue weighted by molar-refractivity contribution is 5.95. The number of rotatable bonds is 5. The Kier molecular flexibility index (Phi) is 4.81. The highest BCUT2D eigenvalue weighted by Gasteiger charge is 2.41. The Morgan fingerprint density at radius 1 is 1.29 bits per heavy atom. The van der Waals surface area contributed by atoms with Crippen molar-refractivity contribution in [3.05, 3.63) is 59.9 Å². The van der Waals surface area contributed by atoms with Gasteiger partial charge in [0.25, 0.3) is 5.91 Å². The summed E-state index contributed by atoms with van der Waals surface area (Å²) < 4.78 is 11.6. The highest BCUT2D eigenvalue weighted by Crippen LogP contribution is 2.27. The molecule has 1 aromatic carbocycles. The first-order valence-corrected chi connectivity index (χ1v) is 8.06. The van der Waals surface area contributed by atoms with Crippen molar-refractivity contribution in [2.24, 2.45) is 0 Å². The Morgan fingerprint density at radius 2 is 2.08 bits per heavy atom. The summed E-state index contributed by atoms with van der Waals surface area (Å²) >= 11 is 0. The molecule has 0 spiro atoms. The summed E-state index contributed by atoms with van der Waals surface area (Å²) in [5, 5.41) is 0. The minimum absolute atomic E-state index is 0.0218. The van der Waals surface area contributed by atoms with E-state index in [0.717, 1.165) is 17.7 Å². The van der Waals surface area contributed by atoms with Crippen molar-refractivity contribution in [3.63, 3.8) is 0 Å². The zero-order chi connectivity index (χ0) is 17.0. The van der Waals surface area contributed by atoms with Gasteiger partial charge in [0, 0.05) is 31.6 Å². The molecular weight excluding hydrogens is 304 g/mol. The Bertz CT molecular complexity index is 705. The number of hydrogen-bond acceptors (Lipinski definition) is 4. The summed E-state index contributed by atoms with van der Waals surface area (Å²) in [6, 6.07) is 11.4. The summed E-state index contributed by atoms with van der Waals surface area (Å²) in [6.07, 6.45) is 4.12. The first-order valence-electron chi connectivity index (χ1n) is 8.06. The van der Waals surface area contributed by atoms with E-state index >= 15 is 0 Å². The van der Waals surface area contributed by atoms with Crippen molar-refractivity contribution in [3.8, 4) is 5.75 Å². The van der Waals surface area contributed by atoms with Crippen molar-refractivity contribution in [1.29, 1.82) is 0 Å². The largest absolute Gasteiger partial charge is 0.491 e. The lowest BCUT2D eigenvalue weighted by molar-refractivity contribution is -0.0342. The molecule has 126 valence electrons. The van der Waals surface area contributed by atoms with Crippen LogP contribution in [0.3, 0.4) is 0 Å². The van der Waals surface area contributed by atoms with Gasteiger partial charge in [0.15, 0.2) is 0 Å². The van der Waals surface area contributed by atoms with E-state index in [1.165, 1.54) is 0 Å². The van der Waals surface area contributed by atoms with Crippen LogP contribution < -0.4 is 4.74 Å². The molecule has 0 saturated carbocycles. The predicted molar refractivity (Wildman–Crippen MR) is 91.2 cm³/mol. The van der Waals surface area contributed by atoms with Crippen LogP contribution in [0.1, 0.15) is 22.3 Å². The summed E-state index contributed by atoms with van der Waals surface area (Å²) in [4.78, 5) is 18.6. The number of carbonyl (C=O) groups is 1. The Morgan fingerprint density at radius 3 is 2.79 bits per heavy atom. The smallest absolute Gasteiger partial charge is 0.254 e. The van der Waals surface area contributed by atoms with Crippen LogP contribution in [0.5, 0.6) is 5.75 Å². The van der Waals surface area contributed by atoms with Crippen LogP contribution in [0, 0.1) is 6.92 Å². The second-order valence-electron chi connectivity index (χ2n) is 6.16. The van der Waals surface area contributed by atoms with Crippen molar-refractivity contribution >= 4 is 5.91 Å². The third kappa shape index (κ3) is 3.41. The number of pyridine rings is 1. The molecular formula is C19H22N2O3. The van der Waals surface area contributed by atoms with Gasteiger partial charge in [0.2, 0.25) is 0 Å². The van der Waals surface area contributed by atoms with Crippen molar-refractivity contribution in [1.82, 2.24) is 9.88 Å². The van der Waals surface area contributed by atoms with Crippen LogP contribution >= 0.6 is 0 Å². The van der Waals surface area contributed by atoms with Gasteiger partial charge in [-0.05, 0) is 37.1 Å². The molecule has 1 aliphatic heterocycles. The molecule has 1 aliphatic rings. The van der Waals surface area contributed by atoms with Crippen molar-refractivity contribution in [2.45, 2.75) is 18.9 Å². The van der Waals surface area contributed by atoms with Crippen LogP contribution in [-0.4, -0.2) is 48.2 Å². The number of amides is 1. The number of aromatic nitrogens is 1. The Hall–Kier alpha value is -2.40. The summed E-state index contributed by atoms with van der Waals surface area (Å²) in [5.74, 6) is 0.831. The maximum Gasteiger partial charge on any atom is 0.254 e. The van der Waals surface area contributed by atoms with Crippen LogP contribution in [0.15, 0.2) is 48.8 Å². The molecule has 0 radical (unpaired) electrons. The number of benzene rings is 1. The minimum Gasteiger partial charge on any atom is -0.491 e. The monoisotopic (exact) mass is 326 g/mol. The van der Waals surface area contributed by atoms with E-state index in [0.29, 0.717) is 25.3 Å². The van der Waals surface area contributed by atoms with Gasteiger partial charge in [-0.25, -0.2) is 0 Å². The SMILES string of the molecule is COC1(COc2ccccc2)CCN(C(=O)c2ccncc2C)C1. The van der Waals surface area contributed by atoms with E-state index in [1.54, 1.807) is 25.6 Å². The van der Waals surface area contributed by atoms with Gasteiger partial charge in [0.1, 0.15) is 18.0 Å². The van der Waals surface area contributed by atoms with Gasteiger partial charge in [-0.15, -0.1) is 0 Å². The van der Waals surface area contributed by atoms with E-state index in [-0.39, 0.29) is 5.91 Å². The molecule has 1 fully saturated rings. The number of nitrogens with zero attached hydrogens (tertiary/aromatic N) is 2. The first kappa shape index (κ1) is 16.5. The summed E-state index contributed by atoms with van der Waals surface area (Å²) in [7, 11) is 1.68. The van der Waals surface area contributed by atoms with E-state index in [1.807, 2.05) is 42.2 Å². The molecule has 0 bridgehead atoms.